The van der Waals surface area contributed by atoms with E-state index >= 15 is 0 Å². The Bertz CT molecular complexity index is 581. The van der Waals surface area contributed by atoms with Crippen LogP contribution in [-0.4, -0.2) is 17.0 Å². The third-order valence-corrected chi connectivity index (χ3v) is 6.89. The molecule has 3 rings (SSSR count). The molecule has 20 heavy (non-hydrogen) atoms. The normalized spacial score (nSPS) is 22.7. The van der Waals surface area contributed by atoms with Gasteiger partial charge in [0.05, 0.1) is 5.02 Å². The van der Waals surface area contributed by atoms with Crippen molar-refractivity contribution in [2.75, 3.05) is 5.75 Å². The van der Waals surface area contributed by atoms with Crippen LogP contribution < -0.4 is 5.32 Å². The lowest BCUT2D eigenvalue weighted by atomic mass is 10.2. The van der Waals surface area contributed by atoms with Gasteiger partial charge in [-0.25, -0.2) is 0 Å². The summed E-state index contributed by atoms with van der Waals surface area (Å²) in [5, 5.41) is 6.69. The van der Waals surface area contributed by atoms with Crippen molar-refractivity contribution in [3.8, 4) is 0 Å². The summed E-state index contributed by atoms with van der Waals surface area (Å²) in [4.78, 5) is 1.28. The molecule has 0 aliphatic heterocycles. The molecule has 0 saturated heterocycles. The molecule has 2 unspecified atom stereocenters. The Morgan fingerprint density at radius 2 is 2.20 bits per heavy atom. The van der Waals surface area contributed by atoms with Crippen molar-refractivity contribution in [2.24, 2.45) is 0 Å². The van der Waals surface area contributed by atoms with Crippen LogP contribution in [0, 0.1) is 0 Å². The predicted molar refractivity (Wildman–Crippen MR) is 93.2 cm³/mol. The van der Waals surface area contributed by atoms with Gasteiger partial charge < -0.3 is 5.32 Å². The Balaban J connectivity index is 1.62. The number of thioether (sulfide) groups is 1. The average molecular weight is 326 g/mol. The van der Waals surface area contributed by atoms with E-state index in [9.17, 15) is 0 Å². The number of benzene rings is 1. The molecule has 1 N–H and O–H groups in total. The first-order valence-electron chi connectivity index (χ1n) is 7.28. The molecule has 1 aliphatic rings. The van der Waals surface area contributed by atoms with Crippen molar-refractivity contribution in [3.63, 3.8) is 0 Å². The maximum absolute atomic E-state index is 6.49. The fourth-order valence-electron chi connectivity index (χ4n) is 2.93. The number of halogens is 1. The molecular weight excluding hydrogens is 306 g/mol. The van der Waals surface area contributed by atoms with Gasteiger partial charge in [-0.2, -0.15) is 11.8 Å². The van der Waals surface area contributed by atoms with Gasteiger partial charge in [0, 0.05) is 32.8 Å². The van der Waals surface area contributed by atoms with Gasteiger partial charge in [-0.1, -0.05) is 36.7 Å². The van der Waals surface area contributed by atoms with E-state index in [1.165, 1.54) is 40.0 Å². The van der Waals surface area contributed by atoms with E-state index in [1.807, 2.05) is 11.3 Å². The van der Waals surface area contributed by atoms with Gasteiger partial charge in [-0.15, -0.1) is 11.3 Å². The summed E-state index contributed by atoms with van der Waals surface area (Å²) in [7, 11) is 0. The van der Waals surface area contributed by atoms with Gasteiger partial charge in [0.15, 0.2) is 0 Å². The monoisotopic (exact) mass is 325 g/mol. The van der Waals surface area contributed by atoms with Gasteiger partial charge in [0.25, 0.3) is 0 Å². The SMILES string of the molecule is CCSC1CCC(NCc2sc3ccccc3c2Cl)C1. The fourth-order valence-corrected chi connectivity index (χ4v) is 5.52. The molecule has 0 bridgehead atoms. The molecule has 1 aliphatic carbocycles. The highest BCUT2D eigenvalue weighted by atomic mass is 35.5. The van der Waals surface area contributed by atoms with Crippen molar-refractivity contribution in [1.82, 2.24) is 5.32 Å². The van der Waals surface area contributed by atoms with E-state index in [2.05, 4.69) is 48.3 Å². The minimum atomic E-state index is 0.667. The molecule has 0 radical (unpaired) electrons. The Hall–Kier alpha value is -0.220. The zero-order valence-electron chi connectivity index (χ0n) is 11.7. The van der Waals surface area contributed by atoms with E-state index in [0.717, 1.165) is 16.8 Å². The number of thiophene rings is 1. The van der Waals surface area contributed by atoms with E-state index in [0.29, 0.717) is 6.04 Å². The van der Waals surface area contributed by atoms with Gasteiger partial charge in [0.1, 0.15) is 0 Å². The Morgan fingerprint density at radius 3 is 3.00 bits per heavy atom. The van der Waals surface area contributed by atoms with Crippen molar-refractivity contribution in [3.05, 3.63) is 34.2 Å². The number of hydrogen-bond acceptors (Lipinski definition) is 3. The second-order valence-corrected chi connectivity index (χ2v) is 8.40. The van der Waals surface area contributed by atoms with Crippen LogP contribution in [0.3, 0.4) is 0 Å². The molecule has 1 nitrogen and oxygen atoms in total. The Morgan fingerprint density at radius 1 is 1.35 bits per heavy atom. The quantitative estimate of drug-likeness (QED) is 0.798. The Kier molecular flexibility index (Phi) is 4.92. The maximum Gasteiger partial charge on any atom is 0.0636 e. The minimum Gasteiger partial charge on any atom is -0.309 e. The van der Waals surface area contributed by atoms with E-state index in [1.54, 1.807) is 0 Å². The molecule has 0 spiro atoms. The van der Waals surface area contributed by atoms with Gasteiger partial charge in [-0.05, 0) is 31.1 Å². The summed E-state index contributed by atoms with van der Waals surface area (Å²) in [6.45, 7) is 3.16. The van der Waals surface area contributed by atoms with E-state index in [4.69, 9.17) is 11.6 Å². The summed E-state index contributed by atoms with van der Waals surface area (Å²) in [6, 6.07) is 9.07. The molecular formula is C16H20ClNS2. The van der Waals surface area contributed by atoms with Crippen LogP contribution in [0.1, 0.15) is 31.1 Å². The standard InChI is InChI=1S/C16H20ClNS2/c1-2-19-12-8-7-11(9-12)18-10-15-16(17)13-5-3-4-6-14(13)20-15/h3-6,11-12,18H,2,7-10H2,1H3. The zero-order valence-corrected chi connectivity index (χ0v) is 14.1. The second kappa shape index (κ2) is 6.69. The van der Waals surface area contributed by atoms with Crippen molar-refractivity contribution >= 4 is 44.8 Å². The highest BCUT2D eigenvalue weighted by Gasteiger charge is 2.24. The number of fused-ring (bicyclic) bond motifs is 1. The fraction of sp³-hybridized carbons (Fsp3) is 0.500. The van der Waals surface area contributed by atoms with Crippen LogP contribution in [0.25, 0.3) is 10.1 Å². The number of nitrogens with one attached hydrogen (secondary N) is 1. The summed E-state index contributed by atoms with van der Waals surface area (Å²) < 4.78 is 1.29. The first kappa shape index (κ1) is 14.7. The van der Waals surface area contributed by atoms with Crippen LogP contribution in [-0.2, 0) is 6.54 Å². The van der Waals surface area contributed by atoms with Crippen LogP contribution >= 0.6 is 34.7 Å². The Labute approximate surface area is 134 Å². The summed E-state index contributed by atoms with van der Waals surface area (Å²) in [6.07, 6.45) is 3.97. The highest BCUT2D eigenvalue weighted by Crippen LogP contribution is 2.36. The average Bonchev–Trinajstić information content (AvgIpc) is 3.03. The van der Waals surface area contributed by atoms with Crippen LogP contribution in [0.2, 0.25) is 5.02 Å². The molecule has 4 heteroatoms. The third-order valence-electron chi connectivity index (χ3n) is 3.94. The molecule has 2 aromatic rings. The number of hydrogen-bond donors (Lipinski definition) is 1. The highest BCUT2D eigenvalue weighted by molar-refractivity contribution is 7.99. The third kappa shape index (κ3) is 3.16. The lowest BCUT2D eigenvalue weighted by molar-refractivity contribution is 0.528. The van der Waals surface area contributed by atoms with E-state index < -0.39 is 0 Å². The maximum atomic E-state index is 6.49. The van der Waals surface area contributed by atoms with Gasteiger partial charge >= 0.3 is 0 Å². The predicted octanol–water partition coefficient (Wildman–Crippen LogP) is 5.32. The second-order valence-electron chi connectivity index (χ2n) is 5.30. The van der Waals surface area contributed by atoms with Crippen molar-refractivity contribution in [1.29, 1.82) is 0 Å². The molecule has 108 valence electrons. The molecule has 1 aromatic heterocycles. The van der Waals surface area contributed by atoms with Crippen LogP contribution in [0.15, 0.2) is 24.3 Å². The summed E-state index contributed by atoms with van der Waals surface area (Å²) in [5.74, 6) is 1.24. The summed E-state index contributed by atoms with van der Waals surface area (Å²) in [5.41, 5.74) is 0. The van der Waals surface area contributed by atoms with Crippen molar-refractivity contribution in [2.45, 2.75) is 44.0 Å². The van der Waals surface area contributed by atoms with Crippen molar-refractivity contribution < 1.29 is 0 Å². The largest absolute Gasteiger partial charge is 0.309 e. The smallest absolute Gasteiger partial charge is 0.0636 e. The molecule has 0 amide bonds. The summed E-state index contributed by atoms with van der Waals surface area (Å²) >= 11 is 10.4. The molecule has 1 aromatic carbocycles. The van der Waals surface area contributed by atoms with Gasteiger partial charge in [-0.3, -0.25) is 0 Å². The molecule has 2 atom stereocenters. The number of rotatable bonds is 5. The van der Waals surface area contributed by atoms with Gasteiger partial charge in [0.2, 0.25) is 0 Å². The molecule has 1 heterocycles. The topological polar surface area (TPSA) is 12.0 Å². The molecule has 1 fully saturated rings. The first-order chi connectivity index (χ1) is 9.78. The van der Waals surface area contributed by atoms with Crippen LogP contribution in [0.4, 0.5) is 0 Å². The lowest BCUT2D eigenvalue weighted by Crippen LogP contribution is -2.25. The minimum absolute atomic E-state index is 0.667. The zero-order chi connectivity index (χ0) is 13.9. The first-order valence-corrected chi connectivity index (χ1v) is 9.53. The van der Waals surface area contributed by atoms with Crippen LogP contribution in [0.5, 0.6) is 0 Å². The van der Waals surface area contributed by atoms with E-state index in [-0.39, 0.29) is 0 Å². The molecule has 1 saturated carbocycles. The lowest BCUT2D eigenvalue weighted by Gasteiger charge is -2.12.